The highest BCUT2D eigenvalue weighted by atomic mass is 32.1. The lowest BCUT2D eigenvalue weighted by atomic mass is 9.85. The highest BCUT2D eigenvalue weighted by molar-refractivity contribution is 7.09. The second kappa shape index (κ2) is 3.09. The van der Waals surface area contributed by atoms with Crippen LogP contribution in [-0.4, -0.2) is 18.2 Å². The molecular formula is C9H10N2OS. The molecule has 1 aromatic rings. The number of aromatic nitrogens is 1. The fourth-order valence-electron chi connectivity index (χ4n) is 1.27. The maximum atomic E-state index is 9.01. The van der Waals surface area contributed by atoms with Crippen molar-refractivity contribution in [1.29, 1.82) is 5.26 Å². The second-order valence-corrected chi connectivity index (χ2v) is 4.11. The van der Waals surface area contributed by atoms with Crippen LogP contribution in [0.5, 0.6) is 0 Å². The second-order valence-electron chi connectivity index (χ2n) is 3.17. The van der Waals surface area contributed by atoms with E-state index in [1.165, 1.54) is 0 Å². The summed E-state index contributed by atoms with van der Waals surface area (Å²) in [5, 5.41) is 12.1. The number of hydrogen-bond acceptors (Lipinski definition) is 4. The van der Waals surface area contributed by atoms with Gasteiger partial charge in [-0.2, -0.15) is 5.26 Å². The molecule has 0 atom stereocenters. The van der Waals surface area contributed by atoms with Gasteiger partial charge in [-0.25, -0.2) is 4.98 Å². The molecule has 1 aliphatic rings. The Labute approximate surface area is 81.0 Å². The minimum absolute atomic E-state index is 0.441. The summed E-state index contributed by atoms with van der Waals surface area (Å²) in [6.45, 7) is 3.06. The highest BCUT2D eigenvalue weighted by Gasteiger charge is 2.42. The molecule has 68 valence electrons. The van der Waals surface area contributed by atoms with Crippen LogP contribution in [0.3, 0.4) is 0 Å². The van der Waals surface area contributed by atoms with Gasteiger partial charge >= 0.3 is 0 Å². The molecule has 1 fully saturated rings. The molecule has 0 aromatic carbocycles. The van der Waals surface area contributed by atoms with Crippen molar-refractivity contribution in [1.82, 2.24) is 4.98 Å². The first-order valence-corrected chi connectivity index (χ1v) is 5.12. The van der Waals surface area contributed by atoms with Crippen LogP contribution in [0.15, 0.2) is 5.38 Å². The summed E-state index contributed by atoms with van der Waals surface area (Å²) in [6.07, 6.45) is 0.938. The molecule has 0 N–H and O–H groups in total. The first kappa shape index (κ1) is 8.67. The van der Waals surface area contributed by atoms with E-state index in [4.69, 9.17) is 10.00 Å². The van der Waals surface area contributed by atoms with Gasteiger partial charge in [0.25, 0.3) is 0 Å². The Balaban J connectivity index is 2.29. The Morgan fingerprint density at radius 2 is 2.54 bits per heavy atom. The maximum absolute atomic E-state index is 9.01. The Bertz CT molecular complexity index is 349. The number of rotatable bonds is 2. The lowest BCUT2D eigenvalue weighted by Gasteiger charge is -2.33. The minimum Gasteiger partial charge on any atom is -0.377 e. The van der Waals surface area contributed by atoms with E-state index >= 15 is 0 Å². The van der Waals surface area contributed by atoms with Gasteiger partial charge in [-0.3, -0.25) is 0 Å². The maximum Gasteiger partial charge on any atom is 0.146 e. The van der Waals surface area contributed by atoms with Crippen molar-refractivity contribution in [3.05, 3.63) is 16.1 Å². The van der Waals surface area contributed by atoms with E-state index in [2.05, 4.69) is 18.0 Å². The first-order valence-electron chi connectivity index (χ1n) is 4.24. The zero-order chi connectivity index (χ0) is 9.31. The van der Waals surface area contributed by atoms with Crippen LogP contribution in [-0.2, 0) is 16.6 Å². The highest BCUT2D eigenvalue weighted by Crippen LogP contribution is 2.32. The average molecular weight is 194 g/mol. The molecule has 1 saturated heterocycles. The van der Waals surface area contributed by atoms with Crippen molar-refractivity contribution >= 4 is 11.3 Å². The van der Waals surface area contributed by atoms with Gasteiger partial charge in [0.2, 0.25) is 0 Å². The quantitative estimate of drug-likeness (QED) is 0.716. The van der Waals surface area contributed by atoms with Crippen LogP contribution in [0.25, 0.3) is 0 Å². The van der Waals surface area contributed by atoms with Crippen molar-refractivity contribution in [2.75, 3.05) is 13.2 Å². The number of thiazole rings is 1. The van der Waals surface area contributed by atoms with Crippen LogP contribution in [0, 0.1) is 11.3 Å². The number of hydrogen-bond donors (Lipinski definition) is 0. The van der Waals surface area contributed by atoms with Crippen molar-refractivity contribution in [3.8, 4) is 6.07 Å². The molecule has 2 heterocycles. The normalized spacial score (nSPS) is 19.1. The minimum atomic E-state index is -0.441. The third kappa shape index (κ3) is 1.25. The predicted octanol–water partition coefficient (Wildman–Crippen LogP) is 1.50. The van der Waals surface area contributed by atoms with Gasteiger partial charge in [0.15, 0.2) is 0 Å². The monoisotopic (exact) mass is 194 g/mol. The molecule has 0 bridgehead atoms. The molecule has 4 heteroatoms. The standard InChI is InChI=1S/C9H10N2OS/c1-2-8-11-7(3-13-8)9(4-10)5-12-6-9/h3H,2,5-6H2,1H3. The summed E-state index contributed by atoms with van der Waals surface area (Å²) in [7, 11) is 0. The number of nitrogens with zero attached hydrogens (tertiary/aromatic N) is 2. The Morgan fingerprint density at radius 3 is 2.92 bits per heavy atom. The van der Waals surface area contributed by atoms with Crippen molar-refractivity contribution < 1.29 is 4.74 Å². The summed E-state index contributed by atoms with van der Waals surface area (Å²) in [5.41, 5.74) is 0.451. The fraction of sp³-hybridized carbons (Fsp3) is 0.556. The number of aryl methyl sites for hydroxylation is 1. The van der Waals surface area contributed by atoms with Crippen LogP contribution in [0.2, 0.25) is 0 Å². The Hall–Kier alpha value is -0.920. The average Bonchev–Trinajstić information content (AvgIpc) is 2.52. The fourth-order valence-corrected chi connectivity index (χ4v) is 2.11. The SMILES string of the molecule is CCc1nc(C2(C#N)COC2)cs1. The van der Waals surface area contributed by atoms with Gasteiger partial charge in [-0.15, -0.1) is 11.3 Å². The lowest BCUT2D eigenvalue weighted by Crippen LogP contribution is -2.45. The van der Waals surface area contributed by atoms with E-state index in [0.717, 1.165) is 17.1 Å². The summed E-state index contributed by atoms with van der Waals surface area (Å²) in [6, 6.07) is 2.29. The van der Waals surface area contributed by atoms with Gasteiger partial charge in [-0.05, 0) is 6.42 Å². The molecule has 2 rings (SSSR count). The molecule has 0 aliphatic carbocycles. The topological polar surface area (TPSA) is 45.9 Å². The zero-order valence-electron chi connectivity index (χ0n) is 7.41. The smallest absolute Gasteiger partial charge is 0.146 e. The van der Waals surface area contributed by atoms with E-state index in [9.17, 15) is 0 Å². The van der Waals surface area contributed by atoms with E-state index in [1.807, 2.05) is 5.38 Å². The zero-order valence-corrected chi connectivity index (χ0v) is 8.23. The van der Waals surface area contributed by atoms with Gasteiger partial charge in [0, 0.05) is 5.38 Å². The van der Waals surface area contributed by atoms with Crippen molar-refractivity contribution in [2.24, 2.45) is 0 Å². The largest absolute Gasteiger partial charge is 0.377 e. The molecule has 0 saturated carbocycles. The van der Waals surface area contributed by atoms with Gasteiger partial charge < -0.3 is 4.74 Å². The Morgan fingerprint density at radius 1 is 1.77 bits per heavy atom. The van der Waals surface area contributed by atoms with E-state index in [1.54, 1.807) is 11.3 Å². The third-order valence-electron chi connectivity index (χ3n) is 2.26. The summed E-state index contributed by atoms with van der Waals surface area (Å²) < 4.78 is 5.07. The molecule has 3 nitrogen and oxygen atoms in total. The van der Waals surface area contributed by atoms with Crippen LogP contribution >= 0.6 is 11.3 Å². The summed E-state index contributed by atoms with van der Waals surface area (Å²) >= 11 is 1.62. The van der Waals surface area contributed by atoms with Gasteiger partial charge in [-0.1, -0.05) is 6.92 Å². The number of ether oxygens (including phenoxy) is 1. The molecular weight excluding hydrogens is 184 g/mol. The van der Waals surface area contributed by atoms with Crippen LogP contribution in [0.1, 0.15) is 17.6 Å². The van der Waals surface area contributed by atoms with Crippen molar-refractivity contribution in [3.63, 3.8) is 0 Å². The molecule has 0 radical (unpaired) electrons. The van der Waals surface area contributed by atoms with E-state index in [0.29, 0.717) is 13.2 Å². The summed E-state index contributed by atoms with van der Waals surface area (Å²) in [5.74, 6) is 0. The van der Waals surface area contributed by atoms with Gasteiger partial charge in [0.1, 0.15) is 5.41 Å². The van der Waals surface area contributed by atoms with E-state index < -0.39 is 5.41 Å². The molecule has 0 amide bonds. The molecule has 1 aromatic heterocycles. The molecule has 0 spiro atoms. The third-order valence-corrected chi connectivity index (χ3v) is 3.25. The lowest BCUT2D eigenvalue weighted by molar-refractivity contribution is -0.0315. The number of nitriles is 1. The van der Waals surface area contributed by atoms with Crippen LogP contribution in [0.4, 0.5) is 0 Å². The van der Waals surface area contributed by atoms with E-state index in [-0.39, 0.29) is 0 Å². The first-order chi connectivity index (χ1) is 6.30. The van der Waals surface area contributed by atoms with Crippen molar-refractivity contribution in [2.45, 2.75) is 18.8 Å². The molecule has 1 aliphatic heterocycles. The van der Waals surface area contributed by atoms with Gasteiger partial charge in [0.05, 0.1) is 30.0 Å². The van der Waals surface area contributed by atoms with Crippen LogP contribution < -0.4 is 0 Å². The molecule has 13 heavy (non-hydrogen) atoms. The summed E-state index contributed by atoms with van der Waals surface area (Å²) in [4.78, 5) is 4.41. The molecule has 0 unspecified atom stereocenters. The predicted molar refractivity (Wildman–Crippen MR) is 49.6 cm³/mol. The Kier molecular flexibility index (Phi) is 2.06.